The van der Waals surface area contributed by atoms with Gasteiger partial charge in [0, 0.05) is 12.5 Å². The molecule has 0 radical (unpaired) electrons. The van der Waals surface area contributed by atoms with Crippen LogP contribution in [0.3, 0.4) is 0 Å². The van der Waals surface area contributed by atoms with E-state index in [-0.39, 0.29) is 6.04 Å². The lowest BCUT2D eigenvalue weighted by Gasteiger charge is -2.17. The first kappa shape index (κ1) is 12.9. The van der Waals surface area contributed by atoms with Crippen LogP contribution in [0.25, 0.3) is 0 Å². The second-order valence-electron chi connectivity index (χ2n) is 4.77. The molecule has 0 spiro atoms. The molecule has 1 aliphatic rings. The highest BCUT2D eigenvalue weighted by Gasteiger charge is 2.21. The SMILES string of the molecule is CC(N)CCCc1nc(C2CCCCS2)no1. The van der Waals surface area contributed by atoms with Gasteiger partial charge in [-0.2, -0.15) is 16.7 Å². The molecule has 0 aliphatic carbocycles. The summed E-state index contributed by atoms with van der Waals surface area (Å²) in [5.74, 6) is 2.89. The lowest BCUT2D eigenvalue weighted by atomic mass is 10.1. The number of aryl methyl sites for hydroxylation is 1. The molecule has 17 heavy (non-hydrogen) atoms. The average molecular weight is 255 g/mol. The van der Waals surface area contributed by atoms with Gasteiger partial charge in [-0.3, -0.25) is 0 Å². The molecule has 0 amide bonds. The highest BCUT2D eigenvalue weighted by atomic mass is 32.2. The molecule has 1 aromatic heterocycles. The first-order valence-electron chi connectivity index (χ1n) is 6.45. The molecule has 2 atom stereocenters. The van der Waals surface area contributed by atoms with Crippen LogP contribution in [0.5, 0.6) is 0 Å². The molecule has 1 fully saturated rings. The normalized spacial score (nSPS) is 22.6. The van der Waals surface area contributed by atoms with E-state index in [1.165, 1.54) is 25.0 Å². The largest absolute Gasteiger partial charge is 0.339 e. The van der Waals surface area contributed by atoms with Crippen molar-refractivity contribution in [2.24, 2.45) is 5.73 Å². The van der Waals surface area contributed by atoms with Crippen molar-refractivity contribution in [2.75, 3.05) is 5.75 Å². The highest BCUT2D eigenvalue weighted by Crippen LogP contribution is 2.36. The molecule has 1 saturated heterocycles. The van der Waals surface area contributed by atoms with Gasteiger partial charge in [0.2, 0.25) is 5.89 Å². The standard InChI is InChI=1S/C12H21N3OS/c1-9(13)5-4-7-11-14-12(15-16-11)10-6-2-3-8-17-10/h9-10H,2-8,13H2,1H3. The Labute approximate surface area is 107 Å². The minimum absolute atomic E-state index is 0.256. The van der Waals surface area contributed by atoms with E-state index in [9.17, 15) is 0 Å². The van der Waals surface area contributed by atoms with E-state index < -0.39 is 0 Å². The van der Waals surface area contributed by atoms with Gasteiger partial charge in [-0.1, -0.05) is 11.6 Å². The third kappa shape index (κ3) is 4.00. The summed E-state index contributed by atoms with van der Waals surface area (Å²) in [5.41, 5.74) is 5.71. The van der Waals surface area contributed by atoms with Crippen LogP contribution in [-0.4, -0.2) is 21.9 Å². The van der Waals surface area contributed by atoms with Crippen LogP contribution >= 0.6 is 11.8 Å². The van der Waals surface area contributed by atoms with Crippen LogP contribution in [0.15, 0.2) is 4.52 Å². The van der Waals surface area contributed by atoms with Crippen molar-refractivity contribution in [1.29, 1.82) is 0 Å². The summed E-state index contributed by atoms with van der Waals surface area (Å²) >= 11 is 1.95. The Morgan fingerprint density at radius 1 is 1.53 bits per heavy atom. The second-order valence-corrected chi connectivity index (χ2v) is 6.08. The molecule has 0 saturated carbocycles. The molecular formula is C12H21N3OS. The van der Waals surface area contributed by atoms with E-state index >= 15 is 0 Å². The van der Waals surface area contributed by atoms with Crippen LogP contribution in [0.2, 0.25) is 0 Å². The van der Waals surface area contributed by atoms with Gasteiger partial charge in [0.05, 0.1) is 5.25 Å². The predicted molar refractivity (Wildman–Crippen MR) is 69.9 cm³/mol. The van der Waals surface area contributed by atoms with Crippen molar-refractivity contribution in [3.63, 3.8) is 0 Å². The zero-order valence-electron chi connectivity index (χ0n) is 10.4. The molecule has 2 unspecified atom stereocenters. The molecule has 2 rings (SSSR count). The van der Waals surface area contributed by atoms with Crippen LogP contribution in [-0.2, 0) is 6.42 Å². The Morgan fingerprint density at radius 2 is 2.41 bits per heavy atom. The number of nitrogens with zero attached hydrogens (tertiary/aromatic N) is 2. The van der Waals surface area contributed by atoms with Crippen molar-refractivity contribution < 1.29 is 4.52 Å². The smallest absolute Gasteiger partial charge is 0.226 e. The maximum absolute atomic E-state index is 5.71. The number of aromatic nitrogens is 2. The van der Waals surface area contributed by atoms with Gasteiger partial charge in [0.15, 0.2) is 5.82 Å². The summed E-state index contributed by atoms with van der Waals surface area (Å²) in [4.78, 5) is 4.49. The highest BCUT2D eigenvalue weighted by molar-refractivity contribution is 7.99. The number of hydrogen-bond acceptors (Lipinski definition) is 5. The molecule has 0 aromatic carbocycles. The van der Waals surface area contributed by atoms with Gasteiger partial charge in [-0.25, -0.2) is 0 Å². The fourth-order valence-corrected chi connectivity index (χ4v) is 3.25. The molecule has 96 valence electrons. The molecule has 0 bridgehead atoms. The third-order valence-electron chi connectivity index (χ3n) is 3.00. The minimum atomic E-state index is 0.256. The Hall–Kier alpha value is -0.550. The van der Waals surface area contributed by atoms with E-state index in [4.69, 9.17) is 10.3 Å². The lowest BCUT2D eigenvalue weighted by Crippen LogP contribution is -2.14. The molecule has 1 aromatic rings. The Bertz CT molecular complexity index is 334. The van der Waals surface area contributed by atoms with Crippen LogP contribution in [0.1, 0.15) is 56.0 Å². The Morgan fingerprint density at radius 3 is 3.12 bits per heavy atom. The summed E-state index contributed by atoms with van der Waals surface area (Å²) in [6.45, 7) is 2.03. The predicted octanol–water partition coefficient (Wildman–Crippen LogP) is 2.70. The van der Waals surface area contributed by atoms with Gasteiger partial charge >= 0.3 is 0 Å². The Balaban J connectivity index is 1.82. The van der Waals surface area contributed by atoms with Crippen molar-refractivity contribution in [1.82, 2.24) is 10.1 Å². The van der Waals surface area contributed by atoms with Crippen molar-refractivity contribution in [2.45, 2.75) is 56.7 Å². The van der Waals surface area contributed by atoms with Crippen molar-refractivity contribution in [3.8, 4) is 0 Å². The molecule has 2 heterocycles. The first-order valence-corrected chi connectivity index (χ1v) is 7.50. The fourth-order valence-electron chi connectivity index (χ4n) is 2.02. The zero-order valence-corrected chi connectivity index (χ0v) is 11.2. The van der Waals surface area contributed by atoms with E-state index in [1.54, 1.807) is 0 Å². The van der Waals surface area contributed by atoms with E-state index in [0.29, 0.717) is 5.25 Å². The zero-order chi connectivity index (χ0) is 12.1. The maximum Gasteiger partial charge on any atom is 0.226 e. The maximum atomic E-state index is 5.71. The topological polar surface area (TPSA) is 64.9 Å². The summed E-state index contributed by atoms with van der Waals surface area (Å²) in [6, 6.07) is 0.256. The molecule has 2 N–H and O–H groups in total. The molecule has 4 nitrogen and oxygen atoms in total. The van der Waals surface area contributed by atoms with E-state index in [0.717, 1.165) is 31.0 Å². The molecule has 1 aliphatic heterocycles. The van der Waals surface area contributed by atoms with Crippen LogP contribution in [0.4, 0.5) is 0 Å². The summed E-state index contributed by atoms with van der Waals surface area (Å²) < 4.78 is 5.28. The van der Waals surface area contributed by atoms with Gasteiger partial charge < -0.3 is 10.3 Å². The number of nitrogens with two attached hydrogens (primary N) is 1. The average Bonchev–Trinajstić information content (AvgIpc) is 2.78. The number of rotatable bonds is 5. The molecule has 5 heteroatoms. The monoisotopic (exact) mass is 255 g/mol. The van der Waals surface area contributed by atoms with Crippen LogP contribution in [0, 0.1) is 0 Å². The second kappa shape index (κ2) is 6.40. The van der Waals surface area contributed by atoms with Gasteiger partial charge in [-0.05, 0) is 38.4 Å². The fraction of sp³-hybridized carbons (Fsp3) is 0.833. The van der Waals surface area contributed by atoms with Gasteiger partial charge in [0.25, 0.3) is 0 Å². The van der Waals surface area contributed by atoms with E-state index in [2.05, 4.69) is 10.1 Å². The van der Waals surface area contributed by atoms with Crippen LogP contribution < -0.4 is 5.73 Å². The third-order valence-corrected chi connectivity index (χ3v) is 4.37. The summed E-state index contributed by atoms with van der Waals surface area (Å²) in [7, 11) is 0. The lowest BCUT2D eigenvalue weighted by molar-refractivity contribution is 0.367. The number of hydrogen-bond donors (Lipinski definition) is 1. The van der Waals surface area contributed by atoms with Gasteiger partial charge in [0.1, 0.15) is 0 Å². The number of thioether (sulfide) groups is 1. The van der Waals surface area contributed by atoms with E-state index in [1.807, 2.05) is 18.7 Å². The Kier molecular flexibility index (Phi) is 4.86. The first-order chi connectivity index (χ1) is 8.25. The van der Waals surface area contributed by atoms with Gasteiger partial charge in [-0.15, -0.1) is 0 Å². The summed E-state index contributed by atoms with van der Waals surface area (Å²) in [5, 5.41) is 4.55. The quantitative estimate of drug-likeness (QED) is 0.876. The minimum Gasteiger partial charge on any atom is -0.339 e. The summed E-state index contributed by atoms with van der Waals surface area (Å²) in [6.07, 6.45) is 6.68. The van der Waals surface area contributed by atoms with Crippen molar-refractivity contribution >= 4 is 11.8 Å². The molecular weight excluding hydrogens is 234 g/mol. The van der Waals surface area contributed by atoms with Crippen molar-refractivity contribution in [3.05, 3.63) is 11.7 Å².